The third kappa shape index (κ3) is 3.45. The molecule has 1 amide bonds. The van der Waals surface area contributed by atoms with Crippen LogP contribution >= 0.6 is 0 Å². The molecule has 2 aromatic carbocycles. The molecule has 0 aliphatic rings. The second kappa shape index (κ2) is 6.65. The van der Waals surface area contributed by atoms with Gasteiger partial charge in [-0.1, -0.05) is 12.1 Å². The van der Waals surface area contributed by atoms with Crippen LogP contribution in [0.3, 0.4) is 0 Å². The summed E-state index contributed by atoms with van der Waals surface area (Å²) in [5.41, 5.74) is 7.43. The first-order chi connectivity index (χ1) is 10.2. The normalized spacial score (nSPS) is 10.0. The van der Waals surface area contributed by atoms with E-state index in [-0.39, 0.29) is 5.91 Å². The monoisotopic (exact) mass is 286 g/mol. The van der Waals surface area contributed by atoms with Crippen molar-refractivity contribution in [3.8, 4) is 11.5 Å². The van der Waals surface area contributed by atoms with Gasteiger partial charge in [0.05, 0.1) is 25.0 Å². The summed E-state index contributed by atoms with van der Waals surface area (Å²) in [7, 11) is 1.53. The Kier molecular flexibility index (Phi) is 4.66. The zero-order valence-electron chi connectivity index (χ0n) is 12.1. The van der Waals surface area contributed by atoms with Gasteiger partial charge in [-0.25, -0.2) is 0 Å². The zero-order valence-corrected chi connectivity index (χ0v) is 12.1. The third-order valence-corrected chi connectivity index (χ3v) is 2.92. The number of para-hydroxylation sites is 1. The van der Waals surface area contributed by atoms with Gasteiger partial charge >= 0.3 is 0 Å². The molecule has 21 heavy (non-hydrogen) atoms. The van der Waals surface area contributed by atoms with Gasteiger partial charge < -0.3 is 20.5 Å². The zero-order chi connectivity index (χ0) is 15.2. The van der Waals surface area contributed by atoms with Crippen LogP contribution in [0.15, 0.2) is 42.5 Å². The van der Waals surface area contributed by atoms with Gasteiger partial charge in [-0.15, -0.1) is 0 Å². The number of benzene rings is 2. The first-order valence-corrected chi connectivity index (χ1v) is 6.62. The minimum Gasteiger partial charge on any atom is -0.496 e. The molecule has 0 saturated carbocycles. The van der Waals surface area contributed by atoms with Crippen LogP contribution in [0.5, 0.6) is 11.5 Å². The SMILES string of the molecule is CCOc1ccc(NC(=O)c2ccccc2OC)cc1N. The highest BCUT2D eigenvalue weighted by atomic mass is 16.5. The average molecular weight is 286 g/mol. The molecule has 110 valence electrons. The summed E-state index contributed by atoms with van der Waals surface area (Å²) >= 11 is 0. The van der Waals surface area contributed by atoms with Gasteiger partial charge in [0.25, 0.3) is 5.91 Å². The standard InChI is InChI=1S/C16H18N2O3/c1-3-21-15-9-8-11(10-13(15)17)18-16(19)12-6-4-5-7-14(12)20-2/h4-10H,3,17H2,1-2H3,(H,18,19). The van der Waals surface area contributed by atoms with Crippen LogP contribution in [0.25, 0.3) is 0 Å². The van der Waals surface area contributed by atoms with Crippen molar-refractivity contribution in [2.75, 3.05) is 24.8 Å². The smallest absolute Gasteiger partial charge is 0.259 e. The van der Waals surface area contributed by atoms with Gasteiger partial charge in [-0.05, 0) is 37.3 Å². The molecule has 0 radical (unpaired) electrons. The molecule has 0 fully saturated rings. The summed E-state index contributed by atoms with van der Waals surface area (Å²) in [5, 5.41) is 2.79. The molecule has 5 nitrogen and oxygen atoms in total. The first-order valence-electron chi connectivity index (χ1n) is 6.62. The Morgan fingerprint density at radius 3 is 2.62 bits per heavy atom. The van der Waals surface area contributed by atoms with Gasteiger partial charge in [0, 0.05) is 5.69 Å². The molecule has 3 N–H and O–H groups in total. The van der Waals surface area contributed by atoms with Gasteiger partial charge in [0.15, 0.2) is 0 Å². The lowest BCUT2D eigenvalue weighted by molar-refractivity contribution is 0.102. The van der Waals surface area contributed by atoms with Crippen molar-refractivity contribution in [1.82, 2.24) is 0 Å². The maximum Gasteiger partial charge on any atom is 0.259 e. The van der Waals surface area contributed by atoms with Gasteiger partial charge in [0.1, 0.15) is 11.5 Å². The topological polar surface area (TPSA) is 73.6 Å². The van der Waals surface area contributed by atoms with Crippen molar-refractivity contribution in [3.63, 3.8) is 0 Å². The molecular weight excluding hydrogens is 268 g/mol. The van der Waals surface area contributed by atoms with Crippen LogP contribution in [-0.2, 0) is 0 Å². The summed E-state index contributed by atoms with van der Waals surface area (Å²) in [4.78, 5) is 12.3. The molecule has 0 aliphatic heterocycles. The number of amides is 1. The van der Waals surface area contributed by atoms with E-state index in [0.717, 1.165) is 0 Å². The number of hydrogen-bond acceptors (Lipinski definition) is 4. The summed E-state index contributed by atoms with van der Waals surface area (Å²) in [6, 6.07) is 12.2. The second-order valence-corrected chi connectivity index (χ2v) is 4.34. The number of anilines is 2. The number of nitrogen functional groups attached to an aromatic ring is 1. The molecule has 0 saturated heterocycles. The van der Waals surface area contributed by atoms with Crippen LogP contribution in [0.1, 0.15) is 17.3 Å². The lowest BCUT2D eigenvalue weighted by Crippen LogP contribution is -2.13. The molecular formula is C16H18N2O3. The summed E-state index contributed by atoms with van der Waals surface area (Å²) in [5.74, 6) is 0.873. The van der Waals surface area contributed by atoms with Crippen LogP contribution in [-0.4, -0.2) is 19.6 Å². The second-order valence-electron chi connectivity index (χ2n) is 4.34. The Balaban J connectivity index is 2.18. The predicted octanol–water partition coefficient (Wildman–Crippen LogP) is 2.93. The van der Waals surface area contributed by atoms with E-state index in [9.17, 15) is 4.79 Å². The highest BCUT2D eigenvalue weighted by Gasteiger charge is 2.12. The molecule has 0 aliphatic carbocycles. The molecule has 2 aromatic rings. The fourth-order valence-corrected chi connectivity index (χ4v) is 1.94. The number of carbonyl (C=O) groups excluding carboxylic acids is 1. The van der Waals surface area contributed by atoms with Crippen LogP contribution < -0.4 is 20.5 Å². The highest BCUT2D eigenvalue weighted by Crippen LogP contribution is 2.26. The van der Waals surface area contributed by atoms with E-state index >= 15 is 0 Å². The molecule has 5 heteroatoms. The molecule has 0 bridgehead atoms. The number of hydrogen-bond donors (Lipinski definition) is 2. The lowest BCUT2D eigenvalue weighted by atomic mass is 10.1. The quantitative estimate of drug-likeness (QED) is 0.829. The molecule has 0 atom stereocenters. The Morgan fingerprint density at radius 2 is 1.95 bits per heavy atom. The summed E-state index contributed by atoms with van der Waals surface area (Å²) in [6.45, 7) is 2.42. The van der Waals surface area contributed by atoms with E-state index in [0.29, 0.717) is 35.0 Å². The van der Waals surface area contributed by atoms with E-state index in [4.69, 9.17) is 15.2 Å². The number of carbonyl (C=O) groups is 1. The van der Waals surface area contributed by atoms with Crippen molar-refractivity contribution < 1.29 is 14.3 Å². The Bertz CT molecular complexity index is 641. The fourth-order valence-electron chi connectivity index (χ4n) is 1.94. The fraction of sp³-hybridized carbons (Fsp3) is 0.188. The van der Waals surface area contributed by atoms with Gasteiger partial charge in [-0.2, -0.15) is 0 Å². The van der Waals surface area contributed by atoms with Crippen molar-refractivity contribution in [1.29, 1.82) is 0 Å². The molecule has 0 spiro atoms. The first kappa shape index (κ1) is 14.7. The van der Waals surface area contributed by atoms with E-state index in [1.807, 2.05) is 13.0 Å². The van der Waals surface area contributed by atoms with Crippen LogP contribution in [0, 0.1) is 0 Å². The maximum atomic E-state index is 12.3. The predicted molar refractivity (Wildman–Crippen MR) is 83.0 cm³/mol. The maximum absolute atomic E-state index is 12.3. The molecule has 0 heterocycles. The number of nitrogens with two attached hydrogens (primary N) is 1. The minimum atomic E-state index is -0.254. The lowest BCUT2D eigenvalue weighted by Gasteiger charge is -2.11. The Morgan fingerprint density at radius 1 is 1.19 bits per heavy atom. The Hall–Kier alpha value is -2.69. The van der Waals surface area contributed by atoms with E-state index in [1.165, 1.54) is 7.11 Å². The van der Waals surface area contributed by atoms with E-state index in [2.05, 4.69) is 5.32 Å². The molecule has 0 aromatic heterocycles. The van der Waals surface area contributed by atoms with E-state index in [1.54, 1.807) is 36.4 Å². The molecule has 0 unspecified atom stereocenters. The average Bonchev–Trinajstić information content (AvgIpc) is 2.50. The van der Waals surface area contributed by atoms with E-state index < -0.39 is 0 Å². The number of ether oxygens (including phenoxy) is 2. The van der Waals surface area contributed by atoms with Crippen molar-refractivity contribution >= 4 is 17.3 Å². The van der Waals surface area contributed by atoms with Gasteiger partial charge in [-0.3, -0.25) is 4.79 Å². The minimum absolute atomic E-state index is 0.254. The summed E-state index contributed by atoms with van der Waals surface area (Å²) in [6.07, 6.45) is 0. The van der Waals surface area contributed by atoms with Crippen LogP contribution in [0.4, 0.5) is 11.4 Å². The van der Waals surface area contributed by atoms with Crippen molar-refractivity contribution in [2.45, 2.75) is 6.92 Å². The van der Waals surface area contributed by atoms with Crippen molar-refractivity contribution in [2.24, 2.45) is 0 Å². The number of rotatable bonds is 5. The molecule has 2 rings (SSSR count). The van der Waals surface area contributed by atoms with Crippen LogP contribution in [0.2, 0.25) is 0 Å². The number of nitrogens with one attached hydrogen (secondary N) is 1. The highest BCUT2D eigenvalue weighted by molar-refractivity contribution is 6.06. The third-order valence-electron chi connectivity index (χ3n) is 2.92. The summed E-state index contributed by atoms with van der Waals surface area (Å²) < 4.78 is 10.5. The Labute approximate surface area is 123 Å². The van der Waals surface area contributed by atoms with Crippen molar-refractivity contribution in [3.05, 3.63) is 48.0 Å². The van der Waals surface area contributed by atoms with Gasteiger partial charge in [0.2, 0.25) is 0 Å². The largest absolute Gasteiger partial charge is 0.496 e. The number of methoxy groups -OCH3 is 1.